The summed E-state index contributed by atoms with van der Waals surface area (Å²) in [6.45, 7) is 2.50. The van der Waals surface area contributed by atoms with Crippen LogP contribution in [-0.2, 0) is 9.59 Å². The molecule has 0 saturated heterocycles. The zero-order chi connectivity index (χ0) is 19.2. The number of hydrogen-bond acceptors (Lipinski definition) is 3. The van der Waals surface area contributed by atoms with Crippen molar-refractivity contribution < 1.29 is 9.59 Å². The van der Waals surface area contributed by atoms with Gasteiger partial charge in [-0.2, -0.15) is 5.10 Å². The summed E-state index contributed by atoms with van der Waals surface area (Å²) in [6.07, 6.45) is 1.05. The van der Waals surface area contributed by atoms with Crippen LogP contribution in [0.25, 0.3) is 0 Å². The molecule has 1 N–H and O–H groups in total. The van der Waals surface area contributed by atoms with E-state index in [4.69, 9.17) is 0 Å². The minimum atomic E-state index is -0.134. The van der Waals surface area contributed by atoms with Gasteiger partial charge in [-0.15, -0.1) is 0 Å². The van der Waals surface area contributed by atoms with Crippen LogP contribution in [0, 0.1) is 0 Å². The summed E-state index contributed by atoms with van der Waals surface area (Å²) in [5, 5.41) is 8.83. The average molecular weight is 428 g/mol. The third-order valence-corrected chi connectivity index (χ3v) is 5.04. The van der Waals surface area contributed by atoms with Crippen molar-refractivity contribution in [1.82, 2.24) is 10.3 Å². The first-order chi connectivity index (χ1) is 13.0. The predicted molar refractivity (Wildman–Crippen MR) is 109 cm³/mol. The summed E-state index contributed by atoms with van der Waals surface area (Å²) < 4.78 is 0.997. The number of hydrazone groups is 1. The van der Waals surface area contributed by atoms with E-state index in [9.17, 15) is 9.59 Å². The lowest BCUT2D eigenvalue weighted by Crippen LogP contribution is -2.29. The van der Waals surface area contributed by atoms with Crippen molar-refractivity contribution in [2.45, 2.75) is 32.2 Å². The Kier molecular flexibility index (Phi) is 6.40. The van der Waals surface area contributed by atoms with Gasteiger partial charge < -0.3 is 5.32 Å². The van der Waals surface area contributed by atoms with Crippen molar-refractivity contribution in [1.29, 1.82) is 0 Å². The summed E-state index contributed by atoms with van der Waals surface area (Å²) in [6, 6.07) is 17.6. The maximum atomic E-state index is 12.4. The second-order valence-electron chi connectivity index (χ2n) is 6.52. The molecule has 5 nitrogen and oxygen atoms in total. The second kappa shape index (κ2) is 8.95. The molecule has 2 aromatic carbocycles. The Morgan fingerprint density at radius 1 is 1.11 bits per heavy atom. The van der Waals surface area contributed by atoms with Crippen LogP contribution in [-0.4, -0.2) is 29.1 Å². The van der Waals surface area contributed by atoms with Crippen LogP contribution < -0.4 is 5.32 Å². The van der Waals surface area contributed by atoms with E-state index in [0.717, 1.165) is 27.7 Å². The number of nitrogens with one attached hydrogen (secondary N) is 1. The fraction of sp³-hybridized carbons (Fsp3) is 0.286. The number of benzene rings is 2. The second-order valence-corrected chi connectivity index (χ2v) is 7.44. The molecule has 1 unspecified atom stereocenters. The number of halogens is 1. The lowest BCUT2D eigenvalue weighted by atomic mass is 10.1. The largest absolute Gasteiger partial charge is 0.350 e. The Hall–Kier alpha value is -2.47. The predicted octanol–water partition coefficient (Wildman–Crippen LogP) is 4.04. The Morgan fingerprint density at radius 3 is 2.52 bits per heavy atom. The summed E-state index contributed by atoms with van der Waals surface area (Å²) in [4.78, 5) is 24.5. The normalized spacial score (nSPS) is 14.6. The summed E-state index contributed by atoms with van der Waals surface area (Å²) in [5.74, 6) is -0.252. The molecule has 140 valence electrons. The standard InChI is InChI=1S/C21H22BrN3O2/c1-15(16-7-9-18(22)10-8-16)23-20(26)11-12-21(27)25-14-13-19(24-25)17-5-3-2-4-6-17/h2-10,15H,11-14H2,1H3,(H,23,26). The average Bonchev–Trinajstić information content (AvgIpc) is 3.17. The summed E-state index contributed by atoms with van der Waals surface area (Å²) in [7, 11) is 0. The zero-order valence-electron chi connectivity index (χ0n) is 15.2. The molecule has 6 heteroatoms. The van der Waals surface area contributed by atoms with Gasteiger partial charge in [0, 0.05) is 23.7 Å². The van der Waals surface area contributed by atoms with Crippen molar-refractivity contribution in [3.05, 3.63) is 70.2 Å². The molecule has 0 radical (unpaired) electrons. The molecule has 2 aromatic rings. The van der Waals surface area contributed by atoms with Crippen LogP contribution in [0.15, 0.2) is 64.2 Å². The Labute approximate surface area is 167 Å². The van der Waals surface area contributed by atoms with Gasteiger partial charge in [0.25, 0.3) is 0 Å². The van der Waals surface area contributed by atoms with E-state index in [0.29, 0.717) is 6.54 Å². The van der Waals surface area contributed by atoms with E-state index in [1.54, 1.807) is 0 Å². The third-order valence-electron chi connectivity index (χ3n) is 4.51. The van der Waals surface area contributed by atoms with Crippen LogP contribution in [0.4, 0.5) is 0 Å². The van der Waals surface area contributed by atoms with Gasteiger partial charge in [0.05, 0.1) is 18.3 Å². The molecule has 0 aliphatic carbocycles. The van der Waals surface area contributed by atoms with E-state index in [1.807, 2.05) is 61.5 Å². The molecule has 1 atom stereocenters. The highest BCUT2D eigenvalue weighted by Gasteiger charge is 2.22. The fourth-order valence-corrected chi connectivity index (χ4v) is 3.23. The summed E-state index contributed by atoms with van der Waals surface area (Å²) >= 11 is 3.40. The smallest absolute Gasteiger partial charge is 0.243 e. The van der Waals surface area contributed by atoms with Crippen molar-refractivity contribution >= 4 is 33.5 Å². The molecule has 0 bridgehead atoms. The molecule has 27 heavy (non-hydrogen) atoms. The van der Waals surface area contributed by atoms with Gasteiger partial charge in [0.1, 0.15) is 0 Å². The first kappa shape index (κ1) is 19.3. The molecule has 1 heterocycles. The molecule has 0 saturated carbocycles. The van der Waals surface area contributed by atoms with E-state index in [1.165, 1.54) is 5.01 Å². The van der Waals surface area contributed by atoms with Gasteiger partial charge in [0.15, 0.2) is 0 Å². The molecule has 1 aliphatic rings. The molecule has 2 amide bonds. The van der Waals surface area contributed by atoms with Crippen molar-refractivity contribution in [2.75, 3.05) is 6.54 Å². The van der Waals surface area contributed by atoms with Gasteiger partial charge >= 0.3 is 0 Å². The maximum absolute atomic E-state index is 12.4. The molecule has 0 spiro atoms. The number of hydrogen-bond donors (Lipinski definition) is 1. The van der Waals surface area contributed by atoms with E-state index in [2.05, 4.69) is 26.3 Å². The maximum Gasteiger partial charge on any atom is 0.243 e. The number of nitrogens with zero attached hydrogens (tertiary/aromatic N) is 2. The van der Waals surface area contributed by atoms with E-state index in [-0.39, 0.29) is 30.7 Å². The topological polar surface area (TPSA) is 61.8 Å². The zero-order valence-corrected chi connectivity index (χ0v) is 16.8. The molecule has 3 rings (SSSR count). The monoisotopic (exact) mass is 427 g/mol. The third kappa shape index (κ3) is 5.26. The van der Waals surface area contributed by atoms with Crippen LogP contribution in [0.1, 0.15) is 43.4 Å². The SMILES string of the molecule is CC(NC(=O)CCC(=O)N1CCC(c2ccccc2)=N1)c1ccc(Br)cc1. The van der Waals surface area contributed by atoms with E-state index < -0.39 is 0 Å². The minimum Gasteiger partial charge on any atom is -0.350 e. The van der Waals surface area contributed by atoms with Crippen LogP contribution in [0.2, 0.25) is 0 Å². The Morgan fingerprint density at radius 2 is 1.81 bits per heavy atom. The fourth-order valence-electron chi connectivity index (χ4n) is 2.97. The molecule has 0 aromatic heterocycles. The lowest BCUT2D eigenvalue weighted by Gasteiger charge is -2.15. The molecular formula is C21H22BrN3O2. The molecule has 1 aliphatic heterocycles. The summed E-state index contributed by atoms with van der Waals surface area (Å²) in [5.41, 5.74) is 2.97. The number of carbonyl (C=O) groups excluding carboxylic acids is 2. The van der Waals surface area contributed by atoms with Gasteiger partial charge in [-0.1, -0.05) is 58.4 Å². The van der Waals surface area contributed by atoms with Gasteiger partial charge in [0.2, 0.25) is 11.8 Å². The van der Waals surface area contributed by atoms with Crippen molar-refractivity contribution in [2.24, 2.45) is 5.10 Å². The van der Waals surface area contributed by atoms with E-state index >= 15 is 0 Å². The highest BCUT2D eigenvalue weighted by Crippen LogP contribution is 2.17. The Balaban J connectivity index is 1.48. The Bertz CT molecular complexity index is 834. The van der Waals surface area contributed by atoms with Gasteiger partial charge in [-0.05, 0) is 30.2 Å². The van der Waals surface area contributed by atoms with Crippen LogP contribution in [0.3, 0.4) is 0 Å². The number of rotatable bonds is 6. The number of amides is 2. The van der Waals surface area contributed by atoms with Gasteiger partial charge in [-0.25, -0.2) is 5.01 Å². The van der Waals surface area contributed by atoms with Gasteiger partial charge in [-0.3, -0.25) is 9.59 Å². The van der Waals surface area contributed by atoms with Crippen LogP contribution in [0.5, 0.6) is 0 Å². The minimum absolute atomic E-state index is 0.102. The van der Waals surface area contributed by atoms with Crippen LogP contribution >= 0.6 is 15.9 Å². The lowest BCUT2D eigenvalue weighted by molar-refractivity contribution is -0.133. The highest BCUT2D eigenvalue weighted by molar-refractivity contribution is 9.10. The molecule has 0 fully saturated rings. The van der Waals surface area contributed by atoms with Crippen molar-refractivity contribution in [3.63, 3.8) is 0 Å². The molecular weight excluding hydrogens is 406 g/mol. The first-order valence-corrected chi connectivity index (χ1v) is 9.80. The first-order valence-electron chi connectivity index (χ1n) is 9.01. The quantitative estimate of drug-likeness (QED) is 0.755. The van der Waals surface area contributed by atoms with Crippen molar-refractivity contribution in [3.8, 4) is 0 Å². The highest BCUT2D eigenvalue weighted by atomic mass is 79.9. The number of carbonyl (C=O) groups is 2.